The van der Waals surface area contributed by atoms with Crippen LogP contribution in [0.3, 0.4) is 0 Å². The van der Waals surface area contributed by atoms with Crippen LogP contribution in [-0.2, 0) is 15.5 Å². The lowest BCUT2D eigenvalue weighted by Gasteiger charge is -2.45. The normalized spacial score (nSPS) is 27.2. The van der Waals surface area contributed by atoms with Crippen molar-refractivity contribution in [3.63, 3.8) is 0 Å². The van der Waals surface area contributed by atoms with Gasteiger partial charge < -0.3 is 14.2 Å². The zero-order valence-corrected chi connectivity index (χ0v) is 19.6. The number of piperidine rings is 1. The van der Waals surface area contributed by atoms with Crippen LogP contribution >= 0.6 is 0 Å². The molecule has 0 spiro atoms. The fourth-order valence-corrected chi connectivity index (χ4v) is 5.55. The molecule has 1 saturated heterocycles. The van der Waals surface area contributed by atoms with E-state index in [9.17, 15) is 26.7 Å². The molecule has 2 fully saturated rings. The van der Waals surface area contributed by atoms with E-state index < -0.39 is 15.6 Å². The minimum atomic E-state index is -5.70. The summed E-state index contributed by atoms with van der Waals surface area (Å²) in [4.78, 5) is 2.34. The Kier molecular flexibility index (Phi) is 7.82. The molecular weight excluding hydrogens is 443 g/mol. The Morgan fingerprint density at radius 2 is 1.94 bits per heavy atom. The quantitative estimate of drug-likeness (QED) is 0.449. The molecule has 1 aromatic carbocycles. The van der Waals surface area contributed by atoms with Crippen LogP contribution in [-0.4, -0.2) is 49.7 Å². The first kappa shape index (κ1) is 25.3. The Morgan fingerprint density at radius 1 is 1.25 bits per heavy atom. The molecule has 0 amide bonds. The average Bonchev–Trinajstić information content (AvgIpc) is 2.74. The summed E-state index contributed by atoms with van der Waals surface area (Å²) in [5, 5.41) is 10.6. The predicted octanol–water partition coefficient (Wildman–Crippen LogP) is 4.85. The van der Waals surface area contributed by atoms with Gasteiger partial charge >= 0.3 is 15.6 Å². The largest absolute Gasteiger partial charge is 0.534 e. The molecule has 1 aromatic rings. The van der Waals surface area contributed by atoms with Gasteiger partial charge in [-0.2, -0.15) is 21.6 Å². The molecule has 9 heteroatoms. The van der Waals surface area contributed by atoms with Crippen LogP contribution in [0, 0.1) is 11.8 Å². The second kappa shape index (κ2) is 9.89. The zero-order chi connectivity index (χ0) is 23.6. The van der Waals surface area contributed by atoms with Gasteiger partial charge in [0.15, 0.2) is 0 Å². The highest BCUT2D eigenvalue weighted by atomic mass is 32.2. The number of halogens is 3. The molecule has 32 heavy (non-hydrogen) atoms. The Bertz CT molecular complexity index is 870. The van der Waals surface area contributed by atoms with Crippen molar-refractivity contribution in [1.29, 1.82) is 0 Å². The van der Waals surface area contributed by atoms with Crippen LogP contribution in [0.15, 0.2) is 24.3 Å². The second-order valence-electron chi connectivity index (χ2n) is 9.63. The van der Waals surface area contributed by atoms with Gasteiger partial charge in [0.05, 0.1) is 6.10 Å². The molecular formula is C23H34F3NO4S. The number of hydrogen-bond donors (Lipinski definition) is 1. The van der Waals surface area contributed by atoms with Gasteiger partial charge in [0.2, 0.25) is 0 Å². The molecule has 1 saturated carbocycles. The van der Waals surface area contributed by atoms with Gasteiger partial charge in [-0.05, 0) is 67.2 Å². The van der Waals surface area contributed by atoms with Crippen molar-refractivity contribution in [2.75, 3.05) is 19.6 Å². The average molecular weight is 478 g/mol. The van der Waals surface area contributed by atoms with Crippen molar-refractivity contribution in [1.82, 2.24) is 4.90 Å². The van der Waals surface area contributed by atoms with Crippen LogP contribution in [0.4, 0.5) is 13.2 Å². The lowest BCUT2D eigenvalue weighted by atomic mass is 9.68. The zero-order valence-electron chi connectivity index (χ0n) is 18.8. The van der Waals surface area contributed by atoms with E-state index in [4.69, 9.17) is 0 Å². The van der Waals surface area contributed by atoms with Crippen LogP contribution in [0.2, 0.25) is 0 Å². The maximum atomic E-state index is 12.7. The van der Waals surface area contributed by atoms with E-state index in [1.54, 1.807) is 0 Å². The van der Waals surface area contributed by atoms with Gasteiger partial charge in [0.25, 0.3) is 0 Å². The number of rotatable bonds is 7. The van der Waals surface area contributed by atoms with Crippen molar-refractivity contribution in [2.24, 2.45) is 11.8 Å². The molecule has 3 atom stereocenters. The minimum absolute atomic E-state index is 0.192. The van der Waals surface area contributed by atoms with E-state index in [1.807, 2.05) is 6.07 Å². The van der Waals surface area contributed by atoms with Crippen molar-refractivity contribution >= 4 is 10.1 Å². The van der Waals surface area contributed by atoms with E-state index in [-0.39, 0.29) is 23.2 Å². The highest BCUT2D eigenvalue weighted by Crippen LogP contribution is 2.41. The van der Waals surface area contributed by atoms with Crippen LogP contribution < -0.4 is 4.18 Å². The van der Waals surface area contributed by atoms with Crippen LogP contribution in [0.1, 0.15) is 64.4 Å². The van der Waals surface area contributed by atoms with E-state index >= 15 is 0 Å². The number of hydrogen-bond acceptors (Lipinski definition) is 5. The second-order valence-corrected chi connectivity index (χ2v) is 11.2. The maximum absolute atomic E-state index is 12.7. The van der Waals surface area contributed by atoms with E-state index in [0.717, 1.165) is 50.9 Å². The van der Waals surface area contributed by atoms with E-state index in [0.29, 0.717) is 5.92 Å². The summed E-state index contributed by atoms with van der Waals surface area (Å²) in [5.74, 6) is 0.274. The standard InChI is InChI=1S/C23H34F3NO4S/c1-17-16-27(13-11-21(28)18-7-4-3-5-8-18)14-12-22(17,2)19-9-6-10-20(15-19)31-32(29,30)23(24,25)26/h6,9-10,15,17-18,21,28H,3-5,7-8,11-14,16H2,1-2H3/t17?,21-,22-/m1/s1. The van der Waals surface area contributed by atoms with Gasteiger partial charge in [-0.25, -0.2) is 0 Å². The van der Waals surface area contributed by atoms with Crippen molar-refractivity contribution < 1.29 is 30.9 Å². The highest BCUT2D eigenvalue weighted by Gasteiger charge is 2.48. The number of benzene rings is 1. The Labute approximate surface area is 189 Å². The molecule has 1 aliphatic heterocycles. The first-order valence-corrected chi connectivity index (χ1v) is 12.8. The fourth-order valence-electron chi connectivity index (χ4n) is 5.10. The van der Waals surface area contributed by atoms with Gasteiger partial charge in [0.1, 0.15) is 5.75 Å². The van der Waals surface area contributed by atoms with Crippen LogP contribution in [0.5, 0.6) is 5.75 Å². The lowest BCUT2D eigenvalue weighted by molar-refractivity contribution is -0.0500. The van der Waals surface area contributed by atoms with E-state index in [2.05, 4.69) is 22.9 Å². The summed E-state index contributed by atoms with van der Waals surface area (Å²) in [6, 6.07) is 5.97. The number of alkyl halides is 3. The molecule has 2 aliphatic rings. The smallest absolute Gasteiger partial charge is 0.393 e. The Hall–Kier alpha value is -1.32. The van der Waals surface area contributed by atoms with Crippen LogP contribution in [0.25, 0.3) is 0 Å². The first-order valence-electron chi connectivity index (χ1n) is 11.4. The summed E-state index contributed by atoms with van der Waals surface area (Å²) in [6.07, 6.45) is 7.16. The molecule has 0 bridgehead atoms. The third-order valence-electron chi connectivity index (χ3n) is 7.49. The summed E-state index contributed by atoms with van der Waals surface area (Å²) < 4.78 is 65.1. The van der Waals surface area contributed by atoms with Gasteiger partial charge in [0, 0.05) is 13.1 Å². The van der Waals surface area contributed by atoms with Gasteiger partial charge in [-0.3, -0.25) is 0 Å². The van der Waals surface area contributed by atoms with Crippen molar-refractivity contribution in [3.8, 4) is 5.75 Å². The molecule has 1 N–H and O–H groups in total. The van der Waals surface area contributed by atoms with Crippen molar-refractivity contribution in [2.45, 2.75) is 75.8 Å². The SMILES string of the molecule is CC1CN(CC[C@@H](O)C2CCCCC2)CC[C@@]1(C)c1cccc(OS(=O)(=O)C(F)(F)F)c1. The summed E-state index contributed by atoms with van der Waals surface area (Å²) >= 11 is 0. The number of likely N-dealkylation sites (tertiary alicyclic amines) is 1. The molecule has 1 aliphatic carbocycles. The monoisotopic (exact) mass is 477 g/mol. The highest BCUT2D eigenvalue weighted by molar-refractivity contribution is 7.88. The summed E-state index contributed by atoms with van der Waals surface area (Å²) in [6.45, 7) is 6.60. The molecule has 1 unspecified atom stereocenters. The molecule has 0 aromatic heterocycles. The number of nitrogens with zero attached hydrogens (tertiary/aromatic N) is 1. The van der Waals surface area contributed by atoms with Gasteiger partial charge in [-0.1, -0.05) is 45.2 Å². The Morgan fingerprint density at radius 3 is 2.56 bits per heavy atom. The third-order valence-corrected chi connectivity index (χ3v) is 8.46. The molecule has 5 nitrogen and oxygen atoms in total. The topological polar surface area (TPSA) is 66.8 Å². The fraction of sp³-hybridized carbons (Fsp3) is 0.739. The third kappa shape index (κ3) is 5.78. The predicted molar refractivity (Wildman–Crippen MR) is 117 cm³/mol. The first-order chi connectivity index (χ1) is 14.9. The lowest BCUT2D eigenvalue weighted by Crippen LogP contribution is -2.48. The molecule has 3 rings (SSSR count). The molecule has 182 valence electrons. The van der Waals surface area contributed by atoms with Gasteiger partial charge in [-0.15, -0.1) is 0 Å². The molecule has 1 heterocycles. The number of aliphatic hydroxyl groups is 1. The molecule has 0 radical (unpaired) electrons. The minimum Gasteiger partial charge on any atom is -0.393 e. The summed E-state index contributed by atoms with van der Waals surface area (Å²) in [5.41, 5.74) is -5.02. The summed E-state index contributed by atoms with van der Waals surface area (Å²) in [7, 11) is -5.70. The number of aliphatic hydroxyl groups excluding tert-OH is 1. The maximum Gasteiger partial charge on any atom is 0.534 e. The van der Waals surface area contributed by atoms with Crippen molar-refractivity contribution in [3.05, 3.63) is 29.8 Å². The Balaban J connectivity index is 1.61. The van der Waals surface area contributed by atoms with E-state index in [1.165, 1.54) is 37.5 Å².